The Hall–Kier alpha value is -3.93. The molecule has 2 aromatic heterocycles. The molecule has 3 aromatic rings. The van der Waals surface area contributed by atoms with Crippen LogP contribution in [0.4, 0.5) is 9.18 Å². The lowest BCUT2D eigenvalue weighted by Gasteiger charge is -2.35. The number of ether oxygens (including phenoxy) is 1. The zero-order valence-electron chi connectivity index (χ0n) is 19.5. The van der Waals surface area contributed by atoms with Crippen LogP contribution in [-0.2, 0) is 27.5 Å². The molecule has 1 aromatic carbocycles. The molecule has 4 heterocycles. The minimum Gasteiger partial charge on any atom is -0.445 e. The smallest absolute Gasteiger partial charge is 0.407 e. The fourth-order valence-corrected chi connectivity index (χ4v) is 5.89. The number of rotatable bonds is 5. The predicted molar refractivity (Wildman–Crippen MR) is 129 cm³/mol. The van der Waals surface area contributed by atoms with Crippen molar-refractivity contribution in [3.8, 4) is 0 Å². The molecule has 6 rings (SSSR count). The lowest BCUT2D eigenvalue weighted by atomic mass is 9.76. The number of alkyl carbamates (subject to hydrolysis) is 1. The summed E-state index contributed by atoms with van der Waals surface area (Å²) in [6.07, 6.45) is 4.72. The van der Waals surface area contributed by atoms with E-state index in [4.69, 9.17) is 4.74 Å². The van der Waals surface area contributed by atoms with Crippen LogP contribution < -0.4 is 10.6 Å². The highest BCUT2D eigenvalue weighted by Crippen LogP contribution is 2.40. The molecule has 3 aliphatic rings. The Bertz CT molecular complexity index is 1450. The van der Waals surface area contributed by atoms with Crippen LogP contribution in [0.2, 0.25) is 0 Å². The van der Waals surface area contributed by atoms with Crippen molar-refractivity contribution in [3.63, 3.8) is 0 Å². The molecule has 10 nitrogen and oxygen atoms in total. The first-order valence-corrected chi connectivity index (χ1v) is 12.8. The summed E-state index contributed by atoms with van der Waals surface area (Å²) in [7, 11) is 0. The van der Waals surface area contributed by atoms with Gasteiger partial charge in [0.2, 0.25) is 11.8 Å². The Morgan fingerprint density at radius 2 is 2.08 bits per heavy atom. The fraction of sp³-hybridized carbons (Fsp3) is 0.360. The summed E-state index contributed by atoms with van der Waals surface area (Å²) in [5.41, 5.74) is 4.20. The van der Waals surface area contributed by atoms with Crippen LogP contribution in [-0.4, -0.2) is 50.8 Å². The topological polar surface area (TPSA) is 131 Å². The third-order valence-electron chi connectivity index (χ3n) is 7.24. The number of nitrogens with one attached hydrogen (secondary N) is 2. The summed E-state index contributed by atoms with van der Waals surface area (Å²) in [6, 6.07) is 2.18. The Kier molecular flexibility index (Phi) is 5.82. The van der Waals surface area contributed by atoms with Crippen LogP contribution in [0.1, 0.15) is 58.6 Å². The maximum absolute atomic E-state index is 15.2. The maximum atomic E-state index is 15.2. The molecule has 2 aliphatic heterocycles. The van der Waals surface area contributed by atoms with Gasteiger partial charge in [0, 0.05) is 42.5 Å². The number of imide groups is 1. The Morgan fingerprint density at radius 1 is 1.24 bits per heavy atom. The van der Waals surface area contributed by atoms with Crippen LogP contribution in [0.5, 0.6) is 0 Å². The van der Waals surface area contributed by atoms with E-state index < -0.39 is 29.8 Å². The zero-order valence-corrected chi connectivity index (χ0v) is 20.3. The second-order valence-corrected chi connectivity index (χ2v) is 10.4. The first-order chi connectivity index (χ1) is 17.9. The number of carbonyl (C=O) groups is 4. The van der Waals surface area contributed by atoms with Gasteiger partial charge < -0.3 is 15.0 Å². The van der Waals surface area contributed by atoms with Crippen molar-refractivity contribution < 1.29 is 28.3 Å². The highest BCUT2D eigenvalue weighted by atomic mass is 32.1. The van der Waals surface area contributed by atoms with Crippen LogP contribution in [0.15, 0.2) is 30.0 Å². The monoisotopic (exact) mass is 523 g/mol. The first-order valence-electron chi connectivity index (χ1n) is 11.9. The van der Waals surface area contributed by atoms with Crippen molar-refractivity contribution in [3.05, 3.63) is 58.1 Å². The average Bonchev–Trinajstić information content (AvgIpc) is 3.46. The van der Waals surface area contributed by atoms with Crippen LogP contribution in [0.3, 0.4) is 0 Å². The molecule has 37 heavy (non-hydrogen) atoms. The number of thiazole rings is 1. The van der Waals surface area contributed by atoms with E-state index in [1.54, 1.807) is 17.8 Å². The molecular weight excluding hydrogens is 501 g/mol. The number of hydrogen-bond acceptors (Lipinski definition) is 8. The molecule has 4 amide bonds. The fourth-order valence-electron chi connectivity index (χ4n) is 5.21. The SMILES string of the molecule is O=C1CCC(N2Cc3ccc(COC(=O)NC4CC(c5cncc6scnc56)C4)c(F)c3C2=O)C(=O)N1. The molecule has 1 saturated carbocycles. The second kappa shape index (κ2) is 9.18. The lowest BCUT2D eigenvalue weighted by Crippen LogP contribution is -2.52. The minimum atomic E-state index is -0.827. The van der Waals surface area contributed by atoms with Gasteiger partial charge in [0.25, 0.3) is 5.91 Å². The van der Waals surface area contributed by atoms with Gasteiger partial charge in [-0.3, -0.25) is 24.7 Å². The Balaban J connectivity index is 1.04. The summed E-state index contributed by atoms with van der Waals surface area (Å²) < 4.78 is 21.5. The summed E-state index contributed by atoms with van der Waals surface area (Å²) in [4.78, 5) is 58.9. The van der Waals surface area contributed by atoms with E-state index in [1.165, 1.54) is 22.3 Å². The molecule has 1 aliphatic carbocycles. The Labute approximate surface area is 214 Å². The van der Waals surface area contributed by atoms with Crippen molar-refractivity contribution in [2.24, 2.45) is 0 Å². The number of nitrogens with zero attached hydrogens (tertiary/aromatic N) is 3. The number of carbonyl (C=O) groups excluding carboxylic acids is 4. The highest BCUT2D eigenvalue weighted by molar-refractivity contribution is 7.16. The zero-order chi connectivity index (χ0) is 25.7. The minimum absolute atomic E-state index is 0.0695. The molecule has 0 radical (unpaired) electrons. The van der Waals surface area contributed by atoms with Crippen LogP contribution in [0.25, 0.3) is 10.2 Å². The lowest BCUT2D eigenvalue weighted by molar-refractivity contribution is -0.136. The van der Waals surface area contributed by atoms with Gasteiger partial charge in [-0.1, -0.05) is 12.1 Å². The normalized spacial score (nSPS) is 23.0. The van der Waals surface area contributed by atoms with Gasteiger partial charge in [-0.2, -0.15) is 0 Å². The number of hydrogen-bond donors (Lipinski definition) is 2. The first kappa shape index (κ1) is 23.5. The van der Waals surface area contributed by atoms with Crippen molar-refractivity contribution in [1.29, 1.82) is 0 Å². The number of aromatic nitrogens is 2. The summed E-state index contributed by atoms with van der Waals surface area (Å²) in [5.74, 6) is -2.08. The molecule has 0 bridgehead atoms. The number of halogens is 1. The number of fused-ring (bicyclic) bond motifs is 2. The molecule has 2 fully saturated rings. The quantitative estimate of drug-likeness (QED) is 0.492. The molecule has 0 spiro atoms. The number of amides is 4. The van der Waals surface area contributed by atoms with Crippen molar-refractivity contribution in [2.75, 3.05) is 0 Å². The Morgan fingerprint density at radius 3 is 2.89 bits per heavy atom. The maximum Gasteiger partial charge on any atom is 0.407 e. The van der Waals surface area contributed by atoms with Crippen molar-refractivity contribution in [2.45, 2.75) is 56.8 Å². The number of pyridine rings is 1. The van der Waals surface area contributed by atoms with Crippen LogP contribution in [0, 0.1) is 5.82 Å². The molecule has 1 atom stereocenters. The highest BCUT2D eigenvalue weighted by Gasteiger charge is 2.41. The van der Waals surface area contributed by atoms with E-state index in [-0.39, 0.29) is 55.0 Å². The van der Waals surface area contributed by atoms with E-state index >= 15 is 4.39 Å². The van der Waals surface area contributed by atoms with Gasteiger partial charge >= 0.3 is 6.09 Å². The molecule has 1 unspecified atom stereocenters. The van der Waals surface area contributed by atoms with Crippen molar-refractivity contribution >= 4 is 45.4 Å². The number of piperidine rings is 1. The van der Waals surface area contributed by atoms with Gasteiger partial charge in [0.1, 0.15) is 18.5 Å². The van der Waals surface area contributed by atoms with Gasteiger partial charge in [-0.05, 0) is 30.7 Å². The van der Waals surface area contributed by atoms with E-state index in [9.17, 15) is 19.2 Å². The molecule has 190 valence electrons. The second-order valence-electron chi connectivity index (χ2n) is 9.49. The van der Waals surface area contributed by atoms with E-state index in [0.717, 1.165) is 28.6 Å². The van der Waals surface area contributed by atoms with E-state index in [0.29, 0.717) is 5.56 Å². The summed E-state index contributed by atoms with van der Waals surface area (Å²) >= 11 is 1.54. The standard InChI is InChI=1S/C25H22FN5O5S/c26-21-13(2-1-12-9-31(24(34)20(12)21)17-3-4-19(32)30-23(17)33)10-36-25(35)29-15-5-14(6-15)16-7-27-8-18-22(16)28-11-37-18/h1-2,7-8,11,14-15,17H,3-6,9-10H2,(H,29,35)(H,30,32,33). The van der Waals surface area contributed by atoms with E-state index in [2.05, 4.69) is 20.6 Å². The molecular formula is C25H22FN5O5S. The summed E-state index contributed by atoms with van der Waals surface area (Å²) in [6.45, 7) is -0.263. The molecule has 2 N–H and O–H groups in total. The third-order valence-corrected chi connectivity index (χ3v) is 8.01. The van der Waals surface area contributed by atoms with Gasteiger partial charge in [-0.25, -0.2) is 14.2 Å². The number of benzene rings is 1. The van der Waals surface area contributed by atoms with Crippen LogP contribution >= 0.6 is 11.3 Å². The molecule has 1 saturated heterocycles. The van der Waals surface area contributed by atoms with Crippen molar-refractivity contribution in [1.82, 2.24) is 25.5 Å². The predicted octanol–water partition coefficient (Wildman–Crippen LogP) is 2.76. The van der Waals surface area contributed by atoms with Gasteiger partial charge in [-0.15, -0.1) is 11.3 Å². The average molecular weight is 524 g/mol. The van der Waals surface area contributed by atoms with E-state index in [1.807, 2.05) is 6.20 Å². The third kappa shape index (κ3) is 4.20. The van der Waals surface area contributed by atoms with Gasteiger partial charge in [0.05, 0.1) is 21.3 Å². The molecule has 12 heteroatoms. The largest absolute Gasteiger partial charge is 0.445 e. The summed E-state index contributed by atoms with van der Waals surface area (Å²) in [5, 5.41) is 5.02. The van der Waals surface area contributed by atoms with Gasteiger partial charge in [0.15, 0.2) is 0 Å².